The van der Waals surface area contributed by atoms with Gasteiger partial charge in [0.25, 0.3) is 0 Å². The lowest BCUT2D eigenvalue weighted by Gasteiger charge is -2.21. The van der Waals surface area contributed by atoms with E-state index in [0.717, 1.165) is 37.7 Å². The highest BCUT2D eigenvalue weighted by molar-refractivity contribution is 4.91. The number of hydrogen-bond acceptors (Lipinski definition) is 4. The molecule has 108 valence electrons. The highest BCUT2D eigenvalue weighted by Crippen LogP contribution is 2.25. The normalized spacial score (nSPS) is 16.9. The van der Waals surface area contributed by atoms with Gasteiger partial charge in [0.1, 0.15) is 0 Å². The minimum Gasteiger partial charge on any atom is -0.396 e. The Morgan fingerprint density at radius 2 is 2.16 bits per heavy atom. The van der Waals surface area contributed by atoms with E-state index in [1.807, 2.05) is 6.20 Å². The summed E-state index contributed by atoms with van der Waals surface area (Å²) in [4.78, 5) is 0. The molecule has 1 aliphatic carbocycles. The van der Waals surface area contributed by atoms with Gasteiger partial charge in [0.05, 0.1) is 5.69 Å². The molecule has 0 bridgehead atoms. The van der Waals surface area contributed by atoms with Gasteiger partial charge in [-0.15, -0.1) is 5.10 Å². The van der Waals surface area contributed by atoms with Crippen LogP contribution in [0, 0.1) is 5.92 Å². The summed E-state index contributed by atoms with van der Waals surface area (Å²) in [5.41, 5.74) is 0.988. The van der Waals surface area contributed by atoms with E-state index >= 15 is 0 Å². The maximum Gasteiger partial charge on any atom is 0.0964 e. The summed E-state index contributed by atoms with van der Waals surface area (Å²) in [5.74, 6) is 0.932. The van der Waals surface area contributed by atoms with Crippen LogP contribution in [0.2, 0.25) is 0 Å². The van der Waals surface area contributed by atoms with Crippen molar-refractivity contribution in [2.45, 2.75) is 58.0 Å². The van der Waals surface area contributed by atoms with Gasteiger partial charge in [-0.05, 0) is 25.3 Å². The fourth-order valence-electron chi connectivity index (χ4n) is 2.76. The van der Waals surface area contributed by atoms with Crippen molar-refractivity contribution in [1.29, 1.82) is 0 Å². The van der Waals surface area contributed by atoms with Crippen LogP contribution in [0.4, 0.5) is 0 Å². The smallest absolute Gasteiger partial charge is 0.0964 e. The molecule has 1 aromatic rings. The second-order valence-electron chi connectivity index (χ2n) is 5.52. The van der Waals surface area contributed by atoms with Gasteiger partial charge in [0.2, 0.25) is 0 Å². The number of hydrogen-bond donors (Lipinski definition) is 2. The molecule has 1 aromatic heterocycles. The Bertz CT molecular complexity index is 347. The fraction of sp³-hybridized carbons (Fsp3) is 0.857. The number of aromatic nitrogens is 3. The predicted molar refractivity (Wildman–Crippen MR) is 74.6 cm³/mol. The largest absolute Gasteiger partial charge is 0.396 e. The van der Waals surface area contributed by atoms with Crippen molar-refractivity contribution in [3.05, 3.63) is 11.9 Å². The zero-order chi connectivity index (χ0) is 13.3. The summed E-state index contributed by atoms with van der Waals surface area (Å²) in [5, 5.41) is 20.4. The van der Waals surface area contributed by atoms with Crippen molar-refractivity contribution in [2.24, 2.45) is 5.92 Å². The molecule has 0 amide bonds. The van der Waals surface area contributed by atoms with E-state index in [-0.39, 0.29) is 6.61 Å². The van der Waals surface area contributed by atoms with Crippen molar-refractivity contribution in [3.63, 3.8) is 0 Å². The van der Waals surface area contributed by atoms with Gasteiger partial charge in [0.15, 0.2) is 0 Å². The van der Waals surface area contributed by atoms with E-state index < -0.39 is 0 Å². The summed E-state index contributed by atoms with van der Waals surface area (Å²) >= 11 is 0. The molecule has 0 aliphatic heterocycles. The van der Waals surface area contributed by atoms with Gasteiger partial charge in [-0.25, -0.2) is 0 Å². The number of aliphatic hydroxyl groups excluding tert-OH is 1. The molecule has 5 nitrogen and oxygen atoms in total. The lowest BCUT2D eigenvalue weighted by molar-refractivity contribution is 0.276. The monoisotopic (exact) mass is 266 g/mol. The number of nitrogens with zero attached hydrogens (tertiary/aromatic N) is 3. The van der Waals surface area contributed by atoms with Gasteiger partial charge in [-0.3, -0.25) is 4.68 Å². The maximum atomic E-state index is 8.76. The van der Waals surface area contributed by atoms with Gasteiger partial charge >= 0.3 is 0 Å². The number of nitrogens with one attached hydrogen (secondary N) is 1. The van der Waals surface area contributed by atoms with Gasteiger partial charge < -0.3 is 10.4 Å². The van der Waals surface area contributed by atoms with Crippen LogP contribution in [0.1, 0.15) is 50.6 Å². The second-order valence-corrected chi connectivity index (χ2v) is 5.52. The van der Waals surface area contributed by atoms with E-state index in [1.165, 1.54) is 38.5 Å². The highest BCUT2D eigenvalue weighted by atomic mass is 16.3. The highest BCUT2D eigenvalue weighted by Gasteiger charge is 2.12. The first-order chi connectivity index (χ1) is 9.38. The summed E-state index contributed by atoms with van der Waals surface area (Å²) in [6.07, 6.45) is 11.1. The molecule has 0 unspecified atom stereocenters. The van der Waals surface area contributed by atoms with Crippen LogP contribution in [0.15, 0.2) is 6.20 Å². The summed E-state index contributed by atoms with van der Waals surface area (Å²) < 4.78 is 1.80. The van der Waals surface area contributed by atoms with Crippen molar-refractivity contribution >= 4 is 0 Å². The van der Waals surface area contributed by atoms with Crippen LogP contribution in [0.25, 0.3) is 0 Å². The Morgan fingerprint density at radius 3 is 2.95 bits per heavy atom. The first-order valence-electron chi connectivity index (χ1n) is 7.59. The minimum absolute atomic E-state index is 0.203. The lowest BCUT2D eigenvalue weighted by atomic mass is 9.87. The third-order valence-electron chi connectivity index (χ3n) is 3.89. The summed E-state index contributed by atoms with van der Waals surface area (Å²) in [6.45, 7) is 2.82. The van der Waals surface area contributed by atoms with Crippen LogP contribution in [-0.2, 0) is 13.1 Å². The molecule has 1 fully saturated rings. The van der Waals surface area contributed by atoms with Crippen LogP contribution in [0.3, 0.4) is 0 Å². The van der Waals surface area contributed by atoms with Crippen molar-refractivity contribution in [1.82, 2.24) is 20.3 Å². The first-order valence-corrected chi connectivity index (χ1v) is 7.59. The lowest BCUT2D eigenvalue weighted by Crippen LogP contribution is -2.19. The number of aryl methyl sites for hydroxylation is 1. The number of aliphatic hydroxyl groups is 1. The average molecular weight is 266 g/mol. The average Bonchev–Trinajstić information content (AvgIpc) is 2.90. The summed E-state index contributed by atoms with van der Waals surface area (Å²) in [7, 11) is 0. The summed E-state index contributed by atoms with van der Waals surface area (Å²) in [6, 6.07) is 0. The zero-order valence-corrected chi connectivity index (χ0v) is 11.7. The molecule has 1 saturated carbocycles. The maximum absolute atomic E-state index is 8.76. The Kier molecular flexibility index (Phi) is 6.30. The molecule has 0 atom stereocenters. The molecule has 2 N–H and O–H groups in total. The third-order valence-corrected chi connectivity index (χ3v) is 3.89. The van der Waals surface area contributed by atoms with Crippen LogP contribution in [0.5, 0.6) is 0 Å². The molecule has 1 aliphatic rings. The van der Waals surface area contributed by atoms with Crippen LogP contribution in [-0.4, -0.2) is 33.3 Å². The van der Waals surface area contributed by atoms with Crippen molar-refractivity contribution in [2.75, 3.05) is 13.2 Å². The van der Waals surface area contributed by atoms with Crippen LogP contribution < -0.4 is 5.32 Å². The Labute approximate surface area is 115 Å². The fourth-order valence-corrected chi connectivity index (χ4v) is 2.76. The topological polar surface area (TPSA) is 63.0 Å². The molecule has 2 rings (SSSR count). The van der Waals surface area contributed by atoms with E-state index in [4.69, 9.17) is 5.11 Å². The van der Waals surface area contributed by atoms with Crippen molar-refractivity contribution in [3.8, 4) is 0 Å². The molecule has 0 aromatic carbocycles. The standard InChI is InChI=1S/C14H26N4O/c19-10-4-9-18-12-14(16-17-18)11-15-8-7-13-5-2-1-3-6-13/h12-13,15,19H,1-11H2. The van der Waals surface area contributed by atoms with Crippen molar-refractivity contribution < 1.29 is 5.11 Å². The van der Waals surface area contributed by atoms with E-state index in [1.54, 1.807) is 4.68 Å². The Hall–Kier alpha value is -0.940. The molecule has 0 radical (unpaired) electrons. The van der Waals surface area contributed by atoms with E-state index in [2.05, 4.69) is 15.6 Å². The minimum atomic E-state index is 0.203. The van der Waals surface area contributed by atoms with Crippen LogP contribution >= 0.6 is 0 Å². The molecule has 1 heterocycles. The first kappa shape index (κ1) is 14.5. The molecule has 19 heavy (non-hydrogen) atoms. The SMILES string of the molecule is OCCCn1cc(CNCCC2CCCCC2)nn1. The second kappa shape index (κ2) is 8.27. The quantitative estimate of drug-likeness (QED) is 0.703. The zero-order valence-electron chi connectivity index (χ0n) is 11.7. The predicted octanol–water partition coefficient (Wildman–Crippen LogP) is 1.72. The molecule has 0 saturated heterocycles. The Morgan fingerprint density at radius 1 is 1.32 bits per heavy atom. The van der Waals surface area contributed by atoms with E-state index in [0.29, 0.717) is 0 Å². The Balaban J connectivity index is 1.58. The molecular formula is C14H26N4O. The molecule has 5 heteroatoms. The third kappa shape index (κ3) is 5.28. The molecular weight excluding hydrogens is 240 g/mol. The number of rotatable bonds is 8. The van der Waals surface area contributed by atoms with Gasteiger partial charge in [0, 0.05) is 25.9 Å². The molecule has 0 spiro atoms. The van der Waals surface area contributed by atoms with Gasteiger partial charge in [-0.2, -0.15) is 0 Å². The van der Waals surface area contributed by atoms with E-state index in [9.17, 15) is 0 Å². The van der Waals surface area contributed by atoms with Gasteiger partial charge in [-0.1, -0.05) is 37.3 Å².